The molecule has 1 aromatic heterocycles. The summed E-state index contributed by atoms with van der Waals surface area (Å²) in [4.78, 5) is 15.3. The van der Waals surface area contributed by atoms with Crippen molar-refractivity contribution in [3.63, 3.8) is 0 Å². The summed E-state index contributed by atoms with van der Waals surface area (Å²) in [5.41, 5.74) is 3.76. The fourth-order valence-electron chi connectivity index (χ4n) is 4.44. The Morgan fingerprint density at radius 1 is 1.00 bits per heavy atom. The number of carbonyl (C=O) groups is 1. The lowest BCUT2D eigenvalue weighted by Crippen LogP contribution is -2.41. The van der Waals surface area contributed by atoms with Crippen LogP contribution in [-0.4, -0.2) is 21.4 Å². The van der Waals surface area contributed by atoms with Crippen molar-refractivity contribution in [3.8, 4) is 0 Å². The maximum absolute atomic E-state index is 14.4. The maximum atomic E-state index is 14.4. The number of hydrogen-bond donors (Lipinski definition) is 0. The molecular formula is C26H29FN2O. The van der Waals surface area contributed by atoms with Crippen molar-refractivity contribution in [2.45, 2.75) is 58.2 Å². The minimum Gasteiger partial charge on any atom is -0.345 e. The number of rotatable bonds is 6. The van der Waals surface area contributed by atoms with Gasteiger partial charge in [-0.2, -0.15) is 0 Å². The molecule has 0 unspecified atom stereocenters. The summed E-state index contributed by atoms with van der Waals surface area (Å²) in [6.07, 6.45) is 7.49. The highest BCUT2D eigenvalue weighted by Crippen LogP contribution is 2.27. The highest BCUT2D eigenvalue weighted by atomic mass is 19.1. The first-order chi connectivity index (χ1) is 14.6. The van der Waals surface area contributed by atoms with E-state index in [0.29, 0.717) is 6.54 Å². The lowest BCUT2D eigenvalue weighted by atomic mass is 9.93. The van der Waals surface area contributed by atoms with E-state index >= 15 is 0 Å². The lowest BCUT2D eigenvalue weighted by molar-refractivity contribution is 0.0604. The van der Waals surface area contributed by atoms with Crippen LogP contribution in [0.15, 0.2) is 66.9 Å². The van der Waals surface area contributed by atoms with Gasteiger partial charge in [0.2, 0.25) is 0 Å². The number of nitrogens with zero attached hydrogens (tertiary/aromatic N) is 2. The summed E-state index contributed by atoms with van der Waals surface area (Å²) in [5, 5.41) is 0. The zero-order valence-electron chi connectivity index (χ0n) is 17.6. The van der Waals surface area contributed by atoms with Crippen LogP contribution in [0, 0.1) is 12.7 Å². The molecule has 0 bridgehead atoms. The molecule has 2 aromatic carbocycles. The van der Waals surface area contributed by atoms with E-state index in [-0.39, 0.29) is 17.5 Å². The first-order valence-corrected chi connectivity index (χ1v) is 10.9. The van der Waals surface area contributed by atoms with Gasteiger partial charge in [0.15, 0.2) is 0 Å². The molecule has 4 heteroatoms. The molecule has 1 amide bonds. The summed E-state index contributed by atoms with van der Waals surface area (Å²) in [6, 6.07) is 19.0. The summed E-state index contributed by atoms with van der Waals surface area (Å²) in [5.74, 6) is -0.651. The molecule has 0 aliphatic heterocycles. The molecule has 1 aliphatic carbocycles. The molecule has 1 saturated carbocycles. The van der Waals surface area contributed by atoms with Crippen LogP contribution >= 0.6 is 0 Å². The first kappa shape index (κ1) is 20.4. The van der Waals surface area contributed by atoms with Crippen molar-refractivity contribution in [1.29, 1.82) is 0 Å². The lowest BCUT2D eigenvalue weighted by Gasteiger charge is -2.35. The molecule has 0 radical (unpaired) electrons. The molecule has 0 N–H and O–H groups in total. The quantitative estimate of drug-likeness (QED) is 0.498. The van der Waals surface area contributed by atoms with E-state index < -0.39 is 5.82 Å². The van der Waals surface area contributed by atoms with E-state index in [2.05, 4.69) is 42.0 Å². The third-order valence-electron chi connectivity index (χ3n) is 6.24. The minimum absolute atomic E-state index is 0.160. The standard InChI is InChI=1S/C26H29FN2O/c1-20-10-5-6-11-21(20)18-28-17-9-14-23(28)19-29(22-12-3-2-4-13-22)26(30)24-15-7-8-16-25(24)27/h5-11,14-17,22H,2-4,12-13,18-19H2,1H3. The molecule has 4 rings (SSSR count). The third kappa shape index (κ3) is 4.48. The smallest absolute Gasteiger partial charge is 0.257 e. The van der Waals surface area contributed by atoms with Gasteiger partial charge >= 0.3 is 0 Å². The molecule has 1 heterocycles. The Morgan fingerprint density at radius 2 is 1.73 bits per heavy atom. The number of amides is 1. The van der Waals surface area contributed by atoms with Crippen LogP contribution in [0.2, 0.25) is 0 Å². The van der Waals surface area contributed by atoms with Gasteiger partial charge in [0.25, 0.3) is 5.91 Å². The summed E-state index contributed by atoms with van der Waals surface area (Å²) in [7, 11) is 0. The first-order valence-electron chi connectivity index (χ1n) is 10.9. The third-order valence-corrected chi connectivity index (χ3v) is 6.24. The molecule has 0 spiro atoms. The Bertz CT molecular complexity index is 1000. The molecule has 0 saturated heterocycles. The second-order valence-corrected chi connectivity index (χ2v) is 8.26. The van der Waals surface area contributed by atoms with Crippen molar-refractivity contribution >= 4 is 5.91 Å². The number of benzene rings is 2. The van der Waals surface area contributed by atoms with E-state index in [9.17, 15) is 9.18 Å². The van der Waals surface area contributed by atoms with E-state index in [1.54, 1.807) is 18.2 Å². The van der Waals surface area contributed by atoms with Gasteiger partial charge in [-0.25, -0.2) is 4.39 Å². The van der Waals surface area contributed by atoms with E-state index in [0.717, 1.165) is 37.9 Å². The molecule has 3 aromatic rings. The van der Waals surface area contributed by atoms with Crippen molar-refractivity contribution < 1.29 is 9.18 Å². The van der Waals surface area contributed by atoms with Crippen LogP contribution in [0.25, 0.3) is 0 Å². The molecule has 30 heavy (non-hydrogen) atoms. The summed E-state index contributed by atoms with van der Waals surface area (Å²) >= 11 is 0. The van der Waals surface area contributed by atoms with Gasteiger partial charge in [-0.1, -0.05) is 55.7 Å². The maximum Gasteiger partial charge on any atom is 0.257 e. The second-order valence-electron chi connectivity index (χ2n) is 8.26. The van der Waals surface area contributed by atoms with Gasteiger partial charge in [0, 0.05) is 24.5 Å². The van der Waals surface area contributed by atoms with Crippen molar-refractivity contribution in [2.24, 2.45) is 0 Å². The normalized spacial score (nSPS) is 14.6. The summed E-state index contributed by atoms with van der Waals surface area (Å²) in [6.45, 7) is 3.38. The van der Waals surface area contributed by atoms with E-state index in [4.69, 9.17) is 0 Å². The molecule has 0 atom stereocenters. The topological polar surface area (TPSA) is 25.2 Å². The SMILES string of the molecule is Cc1ccccc1Cn1cccc1CN(C(=O)c1ccccc1F)C1CCCCC1. The van der Waals surface area contributed by atoms with Crippen molar-refractivity contribution in [3.05, 3.63) is 95.1 Å². The van der Waals surface area contributed by atoms with Gasteiger partial charge in [-0.05, 0) is 55.2 Å². The van der Waals surface area contributed by atoms with Gasteiger partial charge in [0.05, 0.1) is 12.1 Å². The number of halogens is 1. The Kier molecular flexibility index (Phi) is 6.32. The fraction of sp³-hybridized carbons (Fsp3) is 0.346. The predicted octanol–water partition coefficient (Wildman–Crippen LogP) is 5.96. The molecular weight excluding hydrogens is 375 g/mol. The molecule has 1 aliphatic rings. The minimum atomic E-state index is -0.446. The Hall–Kier alpha value is -2.88. The van der Waals surface area contributed by atoms with Crippen LogP contribution in [-0.2, 0) is 13.1 Å². The number of aryl methyl sites for hydroxylation is 1. The second kappa shape index (κ2) is 9.29. The monoisotopic (exact) mass is 404 g/mol. The average Bonchev–Trinajstić information content (AvgIpc) is 3.21. The van der Waals surface area contributed by atoms with E-state index in [1.165, 1.54) is 23.6 Å². The highest BCUT2D eigenvalue weighted by molar-refractivity contribution is 5.94. The van der Waals surface area contributed by atoms with Crippen LogP contribution in [0.5, 0.6) is 0 Å². The fourth-order valence-corrected chi connectivity index (χ4v) is 4.44. The van der Waals surface area contributed by atoms with Crippen LogP contribution in [0.1, 0.15) is 59.3 Å². The zero-order chi connectivity index (χ0) is 20.9. The van der Waals surface area contributed by atoms with Gasteiger partial charge in [0.1, 0.15) is 5.82 Å². The number of carbonyl (C=O) groups excluding carboxylic acids is 1. The largest absolute Gasteiger partial charge is 0.345 e. The Morgan fingerprint density at radius 3 is 2.50 bits per heavy atom. The van der Waals surface area contributed by atoms with Crippen LogP contribution < -0.4 is 0 Å². The van der Waals surface area contributed by atoms with Crippen molar-refractivity contribution in [1.82, 2.24) is 9.47 Å². The summed E-state index contributed by atoms with van der Waals surface area (Å²) < 4.78 is 16.6. The molecule has 3 nitrogen and oxygen atoms in total. The molecule has 156 valence electrons. The van der Waals surface area contributed by atoms with Crippen molar-refractivity contribution in [2.75, 3.05) is 0 Å². The molecule has 1 fully saturated rings. The van der Waals surface area contributed by atoms with E-state index in [1.807, 2.05) is 17.0 Å². The van der Waals surface area contributed by atoms with Gasteiger partial charge in [-0.3, -0.25) is 4.79 Å². The number of aromatic nitrogens is 1. The van der Waals surface area contributed by atoms with Crippen LogP contribution in [0.4, 0.5) is 4.39 Å². The highest BCUT2D eigenvalue weighted by Gasteiger charge is 2.28. The average molecular weight is 405 g/mol. The van der Waals surface area contributed by atoms with Gasteiger partial charge in [-0.15, -0.1) is 0 Å². The Labute approximate surface area is 178 Å². The van der Waals surface area contributed by atoms with Crippen LogP contribution in [0.3, 0.4) is 0 Å². The van der Waals surface area contributed by atoms with Gasteiger partial charge < -0.3 is 9.47 Å². The Balaban J connectivity index is 1.61. The number of hydrogen-bond acceptors (Lipinski definition) is 1. The zero-order valence-corrected chi connectivity index (χ0v) is 17.6. The predicted molar refractivity (Wildman–Crippen MR) is 118 cm³/mol.